The van der Waals surface area contributed by atoms with Gasteiger partial charge in [-0.25, -0.2) is 17.2 Å². The number of hydrogen-bond donors (Lipinski definition) is 1. The zero-order chi connectivity index (χ0) is 11.6. The Kier molecular flexibility index (Phi) is 3.67. The van der Waals surface area contributed by atoms with Crippen LogP contribution in [-0.2, 0) is 9.84 Å². The van der Waals surface area contributed by atoms with Crippen molar-refractivity contribution in [3.63, 3.8) is 0 Å². The molecule has 0 saturated heterocycles. The van der Waals surface area contributed by atoms with Crippen LogP contribution in [0.5, 0.6) is 0 Å². The molecule has 1 aromatic rings. The van der Waals surface area contributed by atoms with E-state index in [1.54, 1.807) is 0 Å². The zero-order valence-electron chi connectivity index (χ0n) is 7.45. The Bertz CT molecular complexity index is 462. The highest BCUT2D eigenvalue weighted by Crippen LogP contribution is 2.24. The van der Waals surface area contributed by atoms with Gasteiger partial charge in [0.05, 0.1) is 10.6 Å². The Hall–Kier alpha value is -0.690. The maximum absolute atomic E-state index is 12.0. The molecule has 1 aromatic carbocycles. The quantitative estimate of drug-likeness (QED) is 0.869. The van der Waals surface area contributed by atoms with Gasteiger partial charge in [0, 0.05) is 4.47 Å². The molecule has 15 heavy (non-hydrogen) atoms. The van der Waals surface area contributed by atoms with Crippen molar-refractivity contribution in [1.82, 2.24) is 0 Å². The van der Waals surface area contributed by atoms with Crippen LogP contribution in [-0.4, -0.2) is 20.6 Å². The third-order valence-corrected chi connectivity index (χ3v) is 3.88. The second-order valence-electron chi connectivity index (χ2n) is 2.85. The average Bonchev–Trinajstić information content (AvgIpc) is 1.99. The van der Waals surface area contributed by atoms with Gasteiger partial charge in [0.1, 0.15) is 5.75 Å². The molecule has 0 aliphatic carbocycles. The minimum absolute atomic E-state index is 0.0370. The van der Waals surface area contributed by atoms with Crippen LogP contribution in [0.3, 0.4) is 0 Å². The molecule has 2 N–H and O–H groups in total. The van der Waals surface area contributed by atoms with Crippen LogP contribution in [0.15, 0.2) is 27.6 Å². The summed E-state index contributed by atoms with van der Waals surface area (Å²) in [5, 5.41) is 0. The third-order valence-electron chi connectivity index (χ3n) is 1.65. The molecule has 0 aromatic heterocycles. The maximum atomic E-state index is 12.0. The van der Waals surface area contributed by atoms with E-state index in [-0.39, 0.29) is 10.6 Å². The fourth-order valence-electron chi connectivity index (χ4n) is 1.06. The highest BCUT2D eigenvalue weighted by molar-refractivity contribution is 9.10. The number of sulfone groups is 1. The zero-order valence-corrected chi connectivity index (χ0v) is 9.85. The largest absolute Gasteiger partial charge is 0.398 e. The van der Waals surface area contributed by atoms with Crippen molar-refractivity contribution in [2.75, 3.05) is 11.5 Å². The van der Waals surface area contributed by atoms with E-state index in [0.717, 1.165) is 0 Å². The van der Waals surface area contributed by atoms with Crippen LogP contribution in [0, 0.1) is 0 Å². The summed E-state index contributed by atoms with van der Waals surface area (Å²) in [6.45, 7) is 0. The van der Waals surface area contributed by atoms with Gasteiger partial charge in [0.25, 0.3) is 6.43 Å². The van der Waals surface area contributed by atoms with Gasteiger partial charge >= 0.3 is 0 Å². The van der Waals surface area contributed by atoms with Crippen LogP contribution < -0.4 is 5.73 Å². The van der Waals surface area contributed by atoms with Crippen LogP contribution in [0.1, 0.15) is 0 Å². The molecule has 0 fully saturated rings. The smallest absolute Gasteiger partial charge is 0.252 e. The molecule has 3 nitrogen and oxygen atoms in total. The lowest BCUT2D eigenvalue weighted by Gasteiger charge is -2.06. The molecule has 0 unspecified atom stereocenters. The van der Waals surface area contributed by atoms with Gasteiger partial charge in [0.15, 0.2) is 9.84 Å². The van der Waals surface area contributed by atoms with E-state index in [1.807, 2.05) is 0 Å². The highest BCUT2D eigenvalue weighted by Gasteiger charge is 2.22. The average molecular weight is 300 g/mol. The minimum Gasteiger partial charge on any atom is -0.398 e. The lowest BCUT2D eigenvalue weighted by Crippen LogP contribution is -2.15. The fourth-order valence-corrected chi connectivity index (χ4v) is 2.64. The molecule has 1 rings (SSSR count). The molecule has 0 heterocycles. The van der Waals surface area contributed by atoms with Gasteiger partial charge in [-0.2, -0.15) is 0 Å². The van der Waals surface area contributed by atoms with Gasteiger partial charge in [-0.1, -0.05) is 15.9 Å². The molecule has 0 bridgehead atoms. The highest BCUT2D eigenvalue weighted by atomic mass is 79.9. The number of halogens is 3. The van der Waals surface area contributed by atoms with Crippen molar-refractivity contribution in [3.05, 3.63) is 22.7 Å². The maximum Gasteiger partial charge on any atom is 0.252 e. The predicted octanol–water partition coefficient (Wildman–Crippen LogP) is 2.07. The first-order valence-corrected chi connectivity index (χ1v) is 6.33. The molecular weight excluding hydrogens is 292 g/mol. The lowest BCUT2D eigenvalue weighted by atomic mass is 10.3. The van der Waals surface area contributed by atoms with Gasteiger partial charge in [-0.15, -0.1) is 0 Å². The van der Waals surface area contributed by atoms with Gasteiger partial charge in [-0.05, 0) is 18.2 Å². The van der Waals surface area contributed by atoms with Gasteiger partial charge in [0.2, 0.25) is 0 Å². The van der Waals surface area contributed by atoms with E-state index >= 15 is 0 Å². The predicted molar refractivity (Wildman–Crippen MR) is 56.6 cm³/mol. The Morgan fingerprint density at radius 3 is 2.47 bits per heavy atom. The molecule has 0 aliphatic rings. The van der Waals surface area contributed by atoms with E-state index in [9.17, 15) is 17.2 Å². The minimum atomic E-state index is -4.00. The number of nitrogens with two attached hydrogens (primary N) is 1. The Labute approximate surface area is 94.3 Å². The van der Waals surface area contributed by atoms with E-state index < -0.39 is 22.0 Å². The first-order chi connectivity index (χ1) is 6.83. The van der Waals surface area contributed by atoms with Crippen LogP contribution in [0.2, 0.25) is 0 Å². The van der Waals surface area contributed by atoms with Crippen molar-refractivity contribution >= 4 is 31.5 Å². The summed E-state index contributed by atoms with van der Waals surface area (Å²) in [7, 11) is -4.00. The summed E-state index contributed by atoms with van der Waals surface area (Å²) in [6.07, 6.45) is -2.90. The second kappa shape index (κ2) is 4.44. The summed E-state index contributed by atoms with van der Waals surface area (Å²) in [5.41, 5.74) is 5.39. The number of anilines is 1. The van der Waals surface area contributed by atoms with Gasteiger partial charge < -0.3 is 5.73 Å². The van der Waals surface area contributed by atoms with E-state index in [2.05, 4.69) is 15.9 Å². The van der Waals surface area contributed by atoms with Crippen molar-refractivity contribution in [3.8, 4) is 0 Å². The van der Waals surface area contributed by atoms with Crippen molar-refractivity contribution < 1.29 is 17.2 Å². The SMILES string of the molecule is Nc1cc(Br)ccc1S(=O)(=O)CC(F)F. The van der Waals surface area contributed by atoms with E-state index in [0.29, 0.717) is 4.47 Å². The van der Waals surface area contributed by atoms with Crippen LogP contribution in [0.4, 0.5) is 14.5 Å². The number of benzene rings is 1. The Morgan fingerprint density at radius 2 is 2.00 bits per heavy atom. The topological polar surface area (TPSA) is 60.2 Å². The summed E-state index contributed by atoms with van der Waals surface area (Å²) in [6, 6.07) is 4.00. The number of alkyl halides is 2. The summed E-state index contributed by atoms with van der Waals surface area (Å²) in [5.74, 6) is -1.21. The molecule has 0 atom stereocenters. The summed E-state index contributed by atoms with van der Waals surface area (Å²) in [4.78, 5) is -0.258. The first-order valence-electron chi connectivity index (χ1n) is 3.89. The summed E-state index contributed by atoms with van der Waals surface area (Å²) < 4.78 is 47.4. The normalized spacial score (nSPS) is 12.0. The lowest BCUT2D eigenvalue weighted by molar-refractivity contribution is 0.174. The molecule has 7 heteroatoms. The van der Waals surface area contributed by atoms with Crippen molar-refractivity contribution in [2.45, 2.75) is 11.3 Å². The molecular formula is C8H8BrF2NO2S. The van der Waals surface area contributed by atoms with Crippen LogP contribution >= 0.6 is 15.9 Å². The Balaban J connectivity index is 3.16. The molecule has 0 aliphatic heterocycles. The fraction of sp³-hybridized carbons (Fsp3) is 0.250. The molecule has 0 spiro atoms. The monoisotopic (exact) mass is 299 g/mol. The molecule has 0 saturated carbocycles. The van der Waals surface area contributed by atoms with E-state index in [1.165, 1.54) is 18.2 Å². The number of hydrogen-bond acceptors (Lipinski definition) is 3. The second-order valence-corrected chi connectivity index (χ2v) is 5.77. The summed E-state index contributed by atoms with van der Waals surface area (Å²) >= 11 is 3.09. The first kappa shape index (κ1) is 12.4. The molecule has 84 valence electrons. The van der Waals surface area contributed by atoms with Gasteiger partial charge in [-0.3, -0.25) is 0 Å². The Morgan fingerprint density at radius 1 is 1.40 bits per heavy atom. The number of rotatable bonds is 3. The standard InChI is InChI=1S/C8H8BrF2NO2S/c9-5-1-2-7(6(12)3-5)15(13,14)4-8(10)11/h1-3,8H,4,12H2. The van der Waals surface area contributed by atoms with E-state index in [4.69, 9.17) is 5.73 Å². The third kappa shape index (κ3) is 3.13. The number of nitrogen functional groups attached to an aromatic ring is 1. The molecule has 0 amide bonds. The molecule has 0 radical (unpaired) electrons. The van der Waals surface area contributed by atoms with Crippen molar-refractivity contribution in [1.29, 1.82) is 0 Å². The van der Waals surface area contributed by atoms with Crippen molar-refractivity contribution in [2.24, 2.45) is 0 Å². The van der Waals surface area contributed by atoms with Crippen LogP contribution in [0.25, 0.3) is 0 Å².